The quantitative estimate of drug-likeness (QED) is 0.559. The molecule has 0 atom stereocenters. The van der Waals surface area contributed by atoms with Crippen molar-refractivity contribution in [2.45, 2.75) is 5.33 Å². The minimum absolute atomic E-state index is 0.0156. The Labute approximate surface area is 103 Å². The largest absolute Gasteiger partial charge is 0.769 e. The van der Waals surface area contributed by atoms with Crippen LogP contribution in [0.25, 0.3) is 0 Å². The first kappa shape index (κ1) is 13.9. The van der Waals surface area contributed by atoms with Crippen molar-refractivity contribution in [2.24, 2.45) is 0 Å². The van der Waals surface area contributed by atoms with Gasteiger partial charge in [-0.1, -0.05) is 15.9 Å². The van der Waals surface area contributed by atoms with Crippen LogP contribution in [0, 0.1) is 15.6 Å². The Hall–Kier alpha value is -1.14. The lowest BCUT2D eigenvalue weighted by Crippen LogP contribution is -2.18. The first-order chi connectivity index (χ1) is 7.88. The van der Waals surface area contributed by atoms with Gasteiger partial charge in [-0.2, -0.15) is 0 Å². The molecule has 0 aliphatic heterocycles. The molecule has 0 aliphatic rings. The van der Waals surface area contributed by atoms with Crippen LogP contribution in [0.4, 0.5) is 17.1 Å². The first-order valence-electron chi connectivity index (χ1n) is 4.09. The minimum Gasteiger partial charge on any atom is -0.769 e. The molecule has 1 aromatic rings. The molecule has 1 rings (SSSR count). The van der Waals surface area contributed by atoms with Crippen LogP contribution in [0.1, 0.15) is 5.56 Å². The second-order valence-electron chi connectivity index (χ2n) is 2.92. The molecule has 0 aromatic heterocycles. The lowest BCUT2D eigenvalue weighted by Gasteiger charge is -2.39. The molecule has 3 N–H and O–H groups in total. The van der Waals surface area contributed by atoms with E-state index in [1.807, 2.05) is 0 Å². The Balaban J connectivity index is 3.46. The summed E-state index contributed by atoms with van der Waals surface area (Å²) in [6, 6.07) is 1.67. The fourth-order valence-electron chi connectivity index (χ4n) is 1.22. The topological polar surface area (TPSA) is 140 Å². The van der Waals surface area contributed by atoms with Gasteiger partial charge in [0, 0.05) is 16.6 Å². The fraction of sp³-hybridized carbons (Fsp3) is 0.143. The van der Waals surface area contributed by atoms with Crippen LogP contribution >= 0.6 is 15.9 Å². The maximum atomic E-state index is 10.8. The van der Waals surface area contributed by atoms with Gasteiger partial charge in [0.05, 0.1) is 5.69 Å². The first-order valence-corrected chi connectivity index (χ1v) is 5.22. The number of benzene rings is 1. The maximum absolute atomic E-state index is 10.8. The van der Waals surface area contributed by atoms with Gasteiger partial charge in [0.2, 0.25) is 0 Å². The van der Waals surface area contributed by atoms with Crippen LogP contribution in [0.5, 0.6) is 0 Å². The van der Waals surface area contributed by atoms with Gasteiger partial charge in [-0.15, -0.1) is 5.23 Å². The molecule has 0 spiro atoms. The summed E-state index contributed by atoms with van der Waals surface area (Å²) in [7, 11) is 0. The van der Waals surface area contributed by atoms with Crippen molar-refractivity contribution < 1.29 is 15.6 Å². The summed E-state index contributed by atoms with van der Waals surface area (Å²) in [4.78, 5) is 0. The van der Waals surface area contributed by atoms with Crippen LogP contribution in [-0.2, 0) is 5.33 Å². The van der Waals surface area contributed by atoms with Crippen molar-refractivity contribution in [3.63, 3.8) is 0 Å². The molecule has 0 radical (unpaired) electrons. The van der Waals surface area contributed by atoms with E-state index in [-0.39, 0.29) is 21.8 Å². The van der Waals surface area contributed by atoms with E-state index >= 15 is 0 Å². The summed E-state index contributed by atoms with van der Waals surface area (Å²) in [6.07, 6.45) is 0. The molecule has 96 valence electrons. The van der Waals surface area contributed by atoms with Crippen LogP contribution < -0.4 is 15.7 Å². The highest BCUT2D eigenvalue weighted by Crippen LogP contribution is 2.35. The third-order valence-corrected chi connectivity index (χ3v) is 2.51. The maximum Gasteiger partial charge on any atom is 0.102 e. The fourth-order valence-corrected chi connectivity index (χ4v) is 1.79. The van der Waals surface area contributed by atoms with E-state index in [1.165, 1.54) is 0 Å². The normalized spacial score (nSPS) is 10.3. The molecule has 0 fully saturated rings. The minimum atomic E-state index is -0.835. The van der Waals surface area contributed by atoms with Crippen molar-refractivity contribution in [1.82, 2.24) is 0 Å². The number of anilines is 3. The average Bonchev–Trinajstić information content (AvgIpc) is 2.26. The van der Waals surface area contributed by atoms with Gasteiger partial charge in [0.25, 0.3) is 0 Å². The third kappa shape index (κ3) is 2.95. The molecule has 10 heteroatoms. The van der Waals surface area contributed by atoms with Crippen LogP contribution in [0.3, 0.4) is 0 Å². The number of nitrogens with zero attached hydrogens (tertiary/aromatic N) is 3. The van der Waals surface area contributed by atoms with E-state index < -0.39 is 21.8 Å². The number of hydrogen-bond donors (Lipinski definition) is 3. The highest BCUT2D eigenvalue weighted by atomic mass is 79.9. The smallest absolute Gasteiger partial charge is 0.102 e. The highest BCUT2D eigenvalue weighted by Gasteiger charge is 2.14. The molecular formula is C7H7BrN3O6-3. The van der Waals surface area contributed by atoms with Crippen molar-refractivity contribution in [3.05, 3.63) is 33.3 Å². The SMILES string of the molecule is [O-]N([O-])c1cc(N([O-])O)c(CBr)c(N(O)O)c1. The van der Waals surface area contributed by atoms with E-state index in [1.54, 1.807) is 0 Å². The zero-order valence-electron chi connectivity index (χ0n) is 8.15. The molecule has 0 bridgehead atoms. The molecule has 0 heterocycles. The van der Waals surface area contributed by atoms with E-state index in [9.17, 15) is 15.6 Å². The Morgan fingerprint density at radius 2 is 1.59 bits per heavy atom. The van der Waals surface area contributed by atoms with Crippen molar-refractivity contribution in [1.29, 1.82) is 0 Å². The zero-order valence-corrected chi connectivity index (χ0v) is 9.73. The highest BCUT2D eigenvalue weighted by molar-refractivity contribution is 9.08. The Bertz CT molecular complexity index is 370. The second kappa shape index (κ2) is 5.46. The molecule has 0 saturated heterocycles. The zero-order chi connectivity index (χ0) is 13.2. The van der Waals surface area contributed by atoms with Crippen molar-refractivity contribution in [2.75, 3.05) is 15.7 Å². The Morgan fingerprint density at radius 3 is 1.94 bits per heavy atom. The van der Waals surface area contributed by atoms with E-state index in [4.69, 9.17) is 15.6 Å². The summed E-state index contributed by atoms with van der Waals surface area (Å²) in [6.45, 7) is 0. The number of rotatable bonds is 4. The summed E-state index contributed by atoms with van der Waals surface area (Å²) >= 11 is 2.96. The Kier molecular flexibility index (Phi) is 4.47. The summed E-state index contributed by atoms with van der Waals surface area (Å²) in [5.41, 5.74) is -1.43. The lowest BCUT2D eigenvalue weighted by molar-refractivity contribution is 0.0288. The summed E-state index contributed by atoms with van der Waals surface area (Å²) in [5, 5.41) is 56.7. The van der Waals surface area contributed by atoms with Crippen LogP contribution in [0.2, 0.25) is 0 Å². The standard InChI is InChI=1S/C7H7BrN3O6/c8-3-5-6(10(14)15)1-4(9(12)13)2-7(5)11(16)17/h1-2,14-16H,3H2/q-3. The summed E-state index contributed by atoms with van der Waals surface area (Å²) in [5.74, 6) is 0. The number of alkyl halides is 1. The molecular weight excluding hydrogens is 302 g/mol. The van der Waals surface area contributed by atoms with Gasteiger partial charge >= 0.3 is 0 Å². The van der Waals surface area contributed by atoms with Gasteiger partial charge in [-0.25, -0.2) is 0 Å². The Morgan fingerprint density at radius 1 is 1.06 bits per heavy atom. The predicted molar refractivity (Wildman–Crippen MR) is 62.0 cm³/mol. The third-order valence-electron chi connectivity index (χ3n) is 1.95. The lowest BCUT2D eigenvalue weighted by atomic mass is 10.1. The van der Waals surface area contributed by atoms with Crippen LogP contribution in [-0.4, -0.2) is 15.6 Å². The summed E-state index contributed by atoms with van der Waals surface area (Å²) < 4.78 is 0. The van der Waals surface area contributed by atoms with Gasteiger partial charge in [-0.05, 0) is 12.1 Å². The van der Waals surface area contributed by atoms with E-state index in [0.29, 0.717) is 0 Å². The van der Waals surface area contributed by atoms with E-state index in [0.717, 1.165) is 12.1 Å². The molecule has 0 unspecified atom stereocenters. The molecule has 0 amide bonds. The van der Waals surface area contributed by atoms with Crippen LogP contribution in [0.15, 0.2) is 12.1 Å². The molecule has 0 aliphatic carbocycles. The second-order valence-corrected chi connectivity index (χ2v) is 3.48. The molecule has 17 heavy (non-hydrogen) atoms. The predicted octanol–water partition coefficient (Wildman–Crippen LogP) is 1.66. The van der Waals surface area contributed by atoms with Gasteiger partial charge in [0.15, 0.2) is 0 Å². The van der Waals surface area contributed by atoms with E-state index in [2.05, 4.69) is 15.9 Å². The molecule has 0 saturated carbocycles. The number of halogens is 1. The van der Waals surface area contributed by atoms with Gasteiger partial charge in [-0.3, -0.25) is 15.6 Å². The van der Waals surface area contributed by atoms with Crippen molar-refractivity contribution in [3.8, 4) is 0 Å². The van der Waals surface area contributed by atoms with Gasteiger partial charge in [0.1, 0.15) is 5.69 Å². The van der Waals surface area contributed by atoms with Gasteiger partial charge < -0.3 is 26.1 Å². The molecule has 9 nitrogen and oxygen atoms in total. The number of hydrogen-bond acceptors (Lipinski definition) is 9. The molecule has 1 aromatic carbocycles. The average molecular weight is 309 g/mol. The monoisotopic (exact) mass is 308 g/mol. The van der Waals surface area contributed by atoms with Crippen molar-refractivity contribution >= 4 is 33.0 Å².